The molecule has 0 rings (SSSR count). The van der Waals surface area contributed by atoms with E-state index < -0.39 is 9.05 Å². The van der Waals surface area contributed by atoms with Gasteiger partial charge in [-0.25, -0.2) is 0 Å². The highest BCUT2D eigenvalue weighted by Gasteiger charge is 2.44. The number of aliphatic hydroxyl groups is 3. The number of aliphatic hydroxyl groups excluding tert-OH is 3. The van der Waals surface area contributed by atoms with Crippen LogP contribution in [0.5, 0.6) is 0 Å². The molecule has 0 saturated heterocycles. The normalized spacial score (nSPS) is 11.5. The van der Waals surface area contributed by atoms with Crippen molar-refractivity contribution in [2.75, 3.05) is 65.9 Å². The van der Waals surface area contributed by atoms with Crippen LogP contribution in [0.15, 0.2) is 0 Å². The lowest BCUT2D eigenvalue weighted by atomic mass is 10.4. The molecule has 0 aromatic rings. The minimum absolute atomic E-state index is 0.0694. The van der Waals surface area contributed by atoms with Gasteiger partial charge in [0.15, 0.2) is 0 Å². The zero-order chi connectivity index (χ0) is 18.0. The highest BCUT2D eigenvalue weighted by Crippen LogP contribution is 2.11. The monoisotopic (exact) mass is 357 g/mol. The van der Waals surface area contributed by atoms with Crippen LogP contribution in [0.2, 0.25) is 0 Å². The Morgan fingerprint density at radius 2 is 0.870 bits per heavy atom. The molecule has 9 heteroatoms. The Hall–Kier alpha value is -0.103. The molecule has 142 valence electrons. The quantitative estimate of drug-likeness (QED) is 0.369. The topological polar surface area (TPSA) is 101 Å². The Labute approximate surface area is 141 Å². The SMILES string of the molecule is CCO[Si](OCC)(OCC)OCC.OCCN(CCO)CCO. The van der Waals surface area contributed by atoms with E-state index in [1.54, 1.807) is 4.90 Å². The van der Waals surface area contributed by atoms with Crippen LogP contribution in [0.1, 0.15) is 27.7 Å². The standard InChI is InChI=1S/C8H20O4Si.C6H15NO3/c1-5-9-13(10-6-2,11-7-3)12-8-4;8-4-1-7(2-5-9)3-6-10/h5-8H2,1-4H3;8-10H,1-6H2. The molecule has 23 heavy (non-hydrogen) atoms. The fourth-order valence-electron chi connectivity index (χ4n) is 1.72. The summed E-state index contributed by atoms with van der Waals surface area (Å²) >= 11 is 0. The van der Waals surface area contributed by atoms with Gasteiger partial charge in [0.25, 0.3) is 0 Å². The van der Waals surface area contributed by atoms with Crippen molar-refractivity contribution in [1.29, 1.82) is 0 Å². The Morgan fingerprint density at radius 3 is 1.04 bits per heavy atom. The fraction of sp³-hybridized carbons (Fsp3) is 1.00. The minimum atomic E-state index is -2.80. The van der Waals surface area contributed by atoms with E-state index in [2.05, 4.69) is 0 Å². The van der Waals surface area contributed by atoms with Gasteiger partial charge in [-0.05, 0) is 27.7 Å². The van der Waals surface area contributed by atoms with Crippen LogP contribution in [0.4, 0.5) is 0 Å². The van der Waals surface area contributed by atoms with Gasteiger partial charge in [0.1, 0.15) is 0 Å². The number of hydrogen-bond acceptors (Lipinski definition) is 8. The first-order valence-electron chi connectivity index (χ1n) is 8.20. The summed E-state index contributed by atoms with van der Waals surface area (Å²) in [5.74, 6) is 0. The van der Waals surface area contributed by atoms with Crippen molar-refractivity contribution in [2.24, 2.45) is 0 Å². The molecule has 0 aliphatic carbocycles. The third kappa shape index (κ3) is 14.0. The van der Waals surface area contributed by atoms with Crippen molar-refractivity contribution in [3.63, 3.8) is 0 Å². The zero-order valence-electron chi connectivity index (χ0n) is 15.0. The molecular weight excluding hydrogens is 322 g/mol. The summed E-state index contributed by atoms with van der Waals surface area (Å²) in [7, 11) is -2.80. The van der Waals surface area contributed by atoms with E-state index in [1.165, 1.54) is 0 Å². The molecule has 0 bridgehead atoms. The lowest BCUT2D eigenvalue weighted by Gasteiger charge is -2.26. The summed E-state index contributed by atoms with van der Waals surface area (Å²) in [6, 6.07) is 0. The first kappa shape index (κ1) is 25.1. The Bertz CT molecular complexity index is 193. The predicted octanol–water partition coefficient (Wildman–Crippen LogP) is -0.167. The van der Waals surface area contributed by atoms with E-state index in [-0.39, 0.29) is 19.8 Å². The van der Waals surface area contributed by atoms with E-state index in [0.717, 1.165) is 0 Å². The number of rotatable bonds is 14. The predicted molar refractivity (Wildman–Crippen MR) is 90.0 cm³/mol. The van der Waals surface area contributed by atoms with Gasteiger partial charge >= 0.3 is 9.05 Å². The molecule has 0 heterocycles. The molecule has 0 atom stereocenters. The maximum atomic E-state index is 8.48. The molecule has 0 aromatic heterocycles. The lowest BCUT2D eigenvalue weighted by Crippen LogP contribution is -2.49. The summed E-state index contributed by atoms with van der Waals surface area (Å²) in [6.45, 7) is 11.6. The summed E-state index contributed by atoms with van der Waals surface area (Å²) in [5.41, 5.74) is 0. The first-order valence-corrected chi connectivity index (χ1v) is 9.83. The summed E-state index contributed by atoms with van der Waals surface area (Å²) in [4.78, 5) is 1.79. The second-order valence-electron chi connectivity index (χ2n) is 4.24. The Kier molecular flexibility index (Phi) is 19.9. The lowest BCUT2D eigenvalue weighted by molar-refractivity contribution is -0.0247. The van der Waals surface area contributed by atoms with Crippen LogP contribution in [0.25, 0.3) is 0 Å². The maximum absolute atomic E-state index is 8.48. The summed E-state index contributed by atoms with van der Waals surface area (Å²) < 4.78 is 21.7. The van der Waals surface area contributed by atoms with Gasteiger partial charge in [-0.1, -0.05) is 0 Å². The largest absolute Gasteiger partial charge is 0.679 e. The fourth-order valence-corrected chi connectivity index (χ4v) is 3.63. The highest BCUT2D eigenvalue weighted by atomic mass is 28.4. The van der Waals surface area contributed by atoms with Crippen LogP contribution in [0.3, 0.4) is 0 Å². The van der Waals surface area contributed by atoms with Crippen molar-refractivity contribution in [2.45, 2.75) is 27.7 Å². The van der Waals surface area contributed by atoms with Crippen molar-refractivity contribution in [3.05, 3.63) is 0 Å². The first-order chi connectivity index (χ1) is 11.1. The van der Waals surface area contributed by atoms with Crippen molar-refractivity contribution >= 4 is 9.05 Å². The van der Waals surface area contributed by atoms with E-state index >= 15 is 0 Å². The van der Waals surface area contributed by atoms with Gasteiger partial charge in [-0.2, -0.15) is 0 Å². The average molecular weight is 358 g/mol. The summed E-state index contributed by atoms with van der Waals surface area (Å²) in [6.07, 6.45) is 0. The van der Waals surface area contributed by atoms with E-state index in [1.807, 2.05) is 27.7 Å². The van der Waals surface area contributed by atoms with Crippen LogP contribution < -0.4 is 0 Å². The van der Waals surface area contributed by atoms with Gasteiger partial charge in [0.05, 0.1) is 19.8 Å². The maximum Gasteiger partial charge on any atom is 0.679 e. The van der Waals surface area contributed by atoms with Crippen LogP contribution in [-0.2, 0) is 17.7 Å². The zero-order valence-corrected chi connectivity index (χ0v) is 16.0. The molecular formula is C14H35NO7Si. The Morgan fingerprint density at radius 1 is 0.609 bits per heavy atom. The molecule has 0 aliphatic rings. The molecule has 0 fully saturated rings. The molecule has 0 radical (unpaired) electrons. The van der Waals surface area contributed by atoms with Gasteiger partial charge in [-0.15, -0.1) is 0 Å². The molecule has 8 nitrogen and oxygen atoms in total. The second kappa shape index (κ2) is 18.2. The number of nitrogens with zero attached hydrogens (tertiary/aromatic N) is 1. The molecule has 0 aromatic carbocycles. The highest BCUT2D eigenvalue weighted by molar-refractivity contribution is 6.53. The van der Waals surface area contributed by atoms with Gasteiger partial charge in [0, 0.05) is 46.1 Å². The van der Waals surface area contributed by atoms with Crippen molar-refractivity contribution in [3.8, 4) is 0 Å². The van der Waals surface area contributed by atoms with Crippen LogP contribution >= 0.6 is 0 Å². The Balaban J connectivity index is 0. The molecule has 0 amide bonds. The minimum Gasteiger partial charge on any atom is -0.395 e. The third-order valence-electron chi connectivity index (χ3n) is 2.53. The van der Waals surface area contributed by atoms with Crippen LogP contribution in [-0.4, -0.2) is 95.1 Å². The molecule has 0 aliphatic heterocycles. The van der Waals surface area contributed by atoms with E-state index in [9.17, 15) is 0 Å². The van der Waals surface area contributed by atoms with Crippen molar-refractivity contribution < 1.29 is 33.0 Å². The number of hydrogen-bond donors (Lipinski definition) is 3. The average Bonchev–Trinajstić information content (AvgIpc) is 2.50. The van der Waals surface area contributed by atoms with E-state index in [0.29, 0.717) is 46.1 Å². The van der Waals surface area contributed by atoms with Crippen molar-refractivity contribution in [1.82, 2.24) is 4.90 Å². The molecule has 0 saturated carbocycles. The smallest absolute Gasteiger partial charge is 0.395 e. The van der Waals surface area contributed by atoms with Gasteiger partial charge in [-0.3, -0.25) is 4.90 Å². The second-order valence-corrected chi connectivity index (χ2v) is 6.40. The van der Waals surface area contributed by atoms with Gasteiger partial charge in [0.2, 0.25) is 0 Å². The summed E-state index contributed by atoms with van der Waals surface area (Å²) in [5, 5.41) is 25.5. The third-order valence-corrected chi connectivity index (χ3v) is 5.10. The molecule has 0 unspecified atom stereocenters. The van der Waals surface area contributed by atoms with Crippen LogP contribution in [0, 0.1) is 0 Å². The molecule has 0 spiro atoms. The molecule has 3 N–H and O–H groups in total. The van der Waals surface area contributed by atoms with Gasteiger partial charge < -0.3 is 33.0 Å². The van der Waals surface area contributed by atoms with E-state index in [4.69, 9.17) is 33.0 Å².